The molecule has 0 aromatic heterocycles. The molecule has 0 amide bonds. The van der Waals surface area contributed by atoms with Gasteiger partial charge in [0.15, 0.2) is 0 Å². The van der Waals surface area contributed by atoms with Crippen molar-refractivity contribution in [2.75, 3.05) is 39.4 Å². The van der Waals surface area contributed by atoms with Crippen LogP contribution in [0.4, 0.5) is 0 Å². The van der Waals surface area contributed by atoms with E-state index in [1.807, 2.05) is 0 Å². The van der Waals surface area contributed by atoms with Gasteiger partial charge in [0.05, 0.1) is 24.9 Å². The van der Waals surface area contributed by atoms with E-state index in [2.05, 4.69) is 31.0 Å². The number of nitrogens with one attached hydrogen (secondary N) is 1. The van der Waals surface area contributed by atoms with Gasteiger partial charge in [-0.25, -0.2) is 0 Å². The fraction of sp³-hybridized carbons (Fsp3) is 1.00. The first-order chi connectivity index (χ1) is 7.59. The summed E-state index contributed by atoms with van der Waals surface area (Å²) in [6.45, 7) is 12.2. The normalized spacial score (nSPS) is 30.4. The lowest BCUT2D eigenvalue weighted by Crippen LogP contribution is -2.60. The second-order valence-corrected chi connectivity index (χ2v) is 5.45. The number of rotatable bonds is 4. The molecule has 2 aliphatic heterocycles. The molecule has 94 valence electrons. The van der Waals surface area contributed by atoms with Crippen molar-refractivity contribution in [3.63, 3.8) is 0 Å². The minimum absolute atomic E-state index is 0.0451. The van der Waals surface area contributed by atoms with E-state index in [9.17, 15) is 0 Å². The monoisotopic (exact) mass is 228 g/mol. The van der Waals surface area contributed by atoms with Gasteiger partial charge in [-0.1, -0.05) is 0 Å². The molecule has 0 spiro atoms. The summed E-state index contributed by atoms with van der Waals surface area (Å²) in [5.41, 5.74) is 0.0451. The van der Waals surface area contributed by atoms with Crippen LogP contribution in [-0.4, -0.2) is 62.0 Å². The smallest absolute Gasteiger partial charge is 0.0936 e. The third-order valence-electron chi connectivity index (χ3n) is 3.52. The molecule has 4 nitrogen and oxygen atoms in total. The molecule has 1 N–H and O–H groups in total. The number of nitrogens with zero attached hydrogens (tertiary/aromatic N) is 1. The molecule has 0 aromatic carbocycles. The highest BCUT2D eigenvalue weighted by molar-refractivity contribution is 4.90. The van der Waals surface area contributed by atoms with Gasteiger partial charge in [0.2, 0.25) is 0 Å². The number of hydrogen-bond donors (Lipinski definition) is 1. The summed E-state index contributed by atoms with van der Waals surface area (Å²) in [4.78, 5) is 2.46. The molecule has 2 saturated heterocycles. The van der Waals surface area contributed by atoms with Crippen molar-refractivity contribution in [3.05, 3.63) is 0 Å². The molecule has 2 fully saturated rings. The van der Waals surface area contributed by atoms with Gasteiger partial charge in [-0.2, -0.15) is 0 Å². The van der Waals surface area contributed by atoms with Crippen LogP contribution in [0.3, 0.4) is 0 Å². The Labute approximate surface area is 98.3 Å². The van der Waals surface area contributed by atoms with Crippen LogP contribution >= 0.6 is 0 Å². The molecule has 0 aliphatic carbocycles. The molecule has 0 aromatic rings. The van der Waals surface area contributed by atoms with Gasteiger partial charge in [-0.3, -0.25) is 4.90 Å². The summed E-state index contributed by atoms with van der Waals surface area (Å²) >= 11 is 0. The van der Waals surface area contributed by atoms with Crippen LogP contribution in [0, 0.1) is 0 Å². The van der Waals surface area contributed by atoms with E-state index in [0.717, 1.165) is 39.4 Å². The number of morpholine rings is 1. The summed E-state index contributed by atoms with van der Waals surface area (Å²) in [5.74, 6) is 0. The highest BCUT2D eigenvalue weighted by Gasteiger charge is 2.34. The number of hydrogen-bond acceptors (Lipinski definition) is 4. The summed E-state index contributed by atoms with van der Waals surface area (Å²) in [6, 6.07) is 0.604. The first-order valence-corrected chi connectivity index (χ1v) is 6.29. The third-order valence-corrected chi connectivity index (χ3v) is 3.52. The average molecular weight is 228 g/mol. The van der Waals surface area contributed by atoms with Gasteiger partial charge in [-0.05, 0) is 20.8 Å². The fourth-order valence-corrected chi connectivity index (χ4v) is 2.19. The minimum atomic E-state index is 0.0451. The first-order valence-electron chi connectivity index (χ1n) is 6.29. The summed E-state index contributed by atoms with van der Waals surface area (Å²) in [5, 5.41) is 3.24. The lowest BCUT2D eigenvalue weighted by atomic mass is 10.00. The highest BCUT2D eigenvalue weighted by atomic mass is 16.5. The Morgan fingerprint density at radius 1 is 1.50 bits per heavy atom. The zero-order chi connectivity index (χ0) is 11.6. The average Bonchev–Trinajstić information content (AvgIpc) is 2.24. The van der Waals surface area contributed by atoms with Crippen molar-refractivity contribution >= 4 is 0 Å². The molecular formula is C12H24N2O2. The zero-order valence-corrected chi connectivity index (χ0v) is 10.7. The highest BCUT2D eigenvalue weighted by Crippen LogP contribution is 2.17. The molecule has 2 aliphatic rings. The van der Waals surface area contributed by atoms with E-state index in [1.165, 1.54) is 0 Å². The summed E-state index contributed by atoms with van der Waals surface area (Å²) in [7, 11) is 0. The van der Waals surface area contributed by atoms with Crippen LogP contribution in [0.2, 0.25) is 0 Å². The molecule has 4 heteroatoms. The molecule has 0 bridgehead atoms. The molecule has 0 radical (unpaired) electrons. The van der Waals surface area contributed by atoms with E-state index < -0.39 is 0 Å². The van der Waals surface area contributed by atoms with Crippen LogP contribution < -0.4 is 5.32 Å². The maximum Gasteiger partial charge on any atom is 0.0936 e. The van der Waals surface area contributed by atoms with E-state index in [4.69, 9.17) is 9.47 Å². The largest absolute Gasteiger partial charge is 0.373 e. The van der Waals surface area contributed by atoms with E-state index in [-0.39, 0.29) is 11.7 Å². The Bertz CT molecular complexity index is 229. The zero-order valence-electron chi connectivity index (χ0n) is 10.7. The van der Waals surface area contributed by atoms with Crippen molar-refractivity contribution in [1.82, 2.24) is 10.2 Å². The third kappa shape index (κ3) is 2.94. The van der Waals surface area contributed by atoms with Gasteiger partial charge in [0.1, 0.15) is 0 Å². The van der Waals surface area contributed by atoms with E-state index >= 15 is 0 Å². The first kappa shape index (κ1) is 12.3. The second kappa shape index (κ2) is 5.00. The maximum atomic E-state index is 5.92. The van der Waals surface area contributed by atoms with Crippen molar-refractivity contribution in [1.29, 1.82) is 0 Å². The topological polar surface area (TPSA) is 33.7 Å². The van der Waals surface area contributed by atoms with Crippen LogP contribution in [0.15, 0.2) is 0 Å². The minimum Gasteiger partial charge on any atom is -0.373 e. The predicted molar refractivity (Wildman–Crippen MR) is 63.7 cm³/mol. The lowest BCUT2D eigenvalue weighted by Gasteiger charge is -2.41. The summed E-state index contributed by atoms with van der Waals surface area (Å²) in [6.07, 6.45) is 0.244. The molecule has 2 heterocycles. The Kier molecular flexibility index (Phi) is 3.85. The molecule has 1 atom stereocenters. The van der Waals surface area contributed by atoms with Crippen molar-refractivity contribution < 1.29 is 9.47 Å². The Hall–Kier alpha value is -0.160. The molecule has 2 rings (SSSR count). The Morgan fingerprint density at radius 3 is 2.81 bits per heavy atom. The van der Waals surface area contributed by atoms with Crippen molar-refractivity contribution in [2.45, 2.75) is 38.5 Å². The molecule has 16 heavy (non-hydrogen) atoms. The fourth-order valence-electron chi connectivity index (χ4n) is 2.19. The van der Waals surface area contributed by atoms with Crippen molar-refractivity contribution in [2.24, 2.45) is 0 Å². The molecular weight excluding hydrogens is 204 g/mol. The molecule has 0 saturated carbocycles. The second-order valence-electron chi connectivity index (χ2n) is 5.45. The Morgan fingerprint density at radius 2 is 2.25 bits per heavy atom. The van der Waals surface area contributed by atoms with Gasteiger partial charge in [0, 0.05) is 32.2 Å². The standard InChI is InChI=1S/C12H24N2O2/c1-10(2)14-4-5-15-11(6-14)7-16-12(3)8-13-9-12/h10-11,13H,4-9H2,1-3H3. The van der Waals surface area contributed by atoms with Gasteiger partial charge in [0.25, 0.3) is 0 Å². The maximum absolute atomic E-state index is 5.92. The quantitative estimate of drug-likeness (QED) is 0.758. The number of ether oxygens (including phenoxy) is 2. The van der Waals surface area contributed by atoms with E-state index in [0.29, 0.717) is 6.04 Å². The van der Waals surface area contributed by atoms with Gasteiger partial charge >= 0.3 is 0 Å². The van der Waals surface area contributed by atoms with Crippen molar-refractivity contribution in [3.8, 4) is 0 Å². The van der Waals surface area contributed by atoms with Crippen LogP contribution in [0.1, 0.15) is 20.8 Å². The summed E-state index contributed by atoms with van der Waals surface area (Å²) < 4.78 is 11.7. The van der Waals surface area contributed by atoms with Crippen LogP contribution in [0.25, 0.3) is 0 Å². The van der Waals surface area contributed by atoms with Gasteiger partial charge < -0.3 is 14.8 Å². The van der Waals surface area contributed by atoms with Crippen LogP contribution in [0.5, 0.6) is 0 Å². The lowest BCUT2D eigenvalue weighted by molar-refractivity contribution is -0.131. The van der Waals surface area contributed by atoms with E-state index in [1.54, 1.807) is 0 Å². The van der Waals surface area contributed by atoms with Gasteiger partial charge in [-0.15, -0.1) is 0 Å². The Balaban J connectivity index is 1.72. The predicted octanol–water partition coefficient (Wildman–Crippen LogP) is 0.474. The SMILES string of the molecule is CC(C)N1CCOC(COC2(C)CNC2)C1. The molecule has 1 unspecified atom stereocenters. The van der Waals surface area contributed by atoms with Crippen LogP contribution in [-0.2, 0) is 9.47 Å².